The molecule has 1 unspecified atom stereocenters. The third-order valence-electron chi connectivity index (χ3n) is 2.08. The normalized spacial score (nSPS) is 11.9. The zero-order valence-electron chi connectivity index (χ0n) is 9.17. The summed E-state index contributed by atoms with van der Waals surface area (Å²) in [4.78, 5) is 22.1. The van der Waals surface area contributed by atoms with Crippen LogP contribution in [0.15, 0.2) is 18.2 Å². The SMILES string of the molecule is CC(CC(N)=O)NC(=O)c1cccc(F)c1F. The van der Waals surface area contributed by atoms with E-state index in [4.69, 9.17) is 5.73 Å². The van der Waals surface area contributed by atoms with Crippen molar-refractivity contribution in [3.05, 3.63) is 35.4 Å². The molecule has 0 aliphatic rings. The molecule has 1 aromatic carbocycles. The van der Waals surface area contributed by atoms with Crippen LogP contribution in [0, 0.1) is 11.6 Å². The highest BCUT2D eigenvalue weighted by atomic mass is 19.2. The number of hydrogen-bond acceptors (Lipinski definition) is 2. The van der Waals surface area contributed by atoms with E-state index in [1.807, 2.05) is 0 Å². The molecule has 0 fully saturated rings. The van der Waals surface area contributed by atoms with Crippen LogP contribution in [0.3, 0.4) is 0 Å². The van der Waals surface area contributed by atoms with E-state index in [9.17, 15) is 18.4 Å². The Morgan fingerprint density at radius 1 is 1.41 bits per heavy atom. The van der Waals surface area contributed by atoms with Crippen molar-refractivity contribution >= 4 is 11.8 Å². The van der Waals surface area contributed by atoms with Crippen molar-refractivity contribution in [2.75, 3.05) is 0 Å². The van der Waals surface area contributed by atoms with E-state index in [2.05, 4.69) is 5.32 Å². The molecule has 0 heterocycles. The van der Waals surface area contributed by atoms with Crippen LogP contribution in [0.5, 0.6) is 0 Å². The second-order valence-corrected chi connectivity index (χ2v) is 3.65. The minimum absolute atomic E-state index is 0.0668. The summed E-state index contributed by atoms with van der Waals surface area (Å²) in [6.07, 6.45) is -0.0668. The number of halogens is 2. The average Bonchev–Trinajstić information content (AvgIpc) is 2.20. The average molecular weight is 242 g/mol. The molecule has 0 saturated carbocycles. The van der Waals surface area contributed by atoms with Crippen molar-refractivity contribution in [2.45, 2.75) is 19.4 Å². The zero-order chi connectivity index (χ0) is 13.0. The molecule has 0 spiro atoms. The predicted octanol–water partition coefficient (Wildman–Crippen LogP) is 0.958. The number of nitrogens with one attached hydrogen (secondary N) is 1. The van der Waals surface area contributed by atoms with Gasteiger partial charge in [0.15, 0.2) is 11.6 Å². The molecule has 1 aromatic rings. The van der Waals surface area contributed by atoms with Gasteiger partial charge >= 0.3 is 0 Å². The summed E-state index contributed by atoms with van der Waals surface area (Å²) in [5.74, 6) is -3.68. The smallest absolute Gasteiger partial charge is 0.254 e. The van der Waals surface area contributed by atoms with Gasteiger partial charge in [0.25, 0.3) is 5.91 Å². The highest BCUT2D eigenvalue weighted by Crippen LogP contribution is 2.11. The van der Waals surface area contributed by atoms with Gasteiger partial charge in [-0.15, -0.1) is 0 Å². The minimum atomic E-state index is -1.21. The highest BCUT2D eigenvalue weighted by Gasteiger charge is 2.17. The number of carbonyl (C=O) groups is 2. The van der Waals surface area contributed by atoms with Crippen molar-refractivity contribution < 1.29 is 18.4 Å². The van der Waals surface area contributed by atoms with Gasteiger partial charge < -0.3 is 11.1 Å². The summed E-state index contributed by atoms with van der Waals surface area (Å²) >= 11 is 0. The maximum Gasteiger partial charge on any atom is 0.254 e. The molecule has 0 radical (unpaired) electrons. The fraction of sp³-hybridized carbons (Fsp3) is 0.273. The van der Waals surface area contributed by atoms with Crippen molar-refractivity contribution in [2.24, 2.45) is 5.73 Å². The molecular formula is C11H12F2N2O2. The van der Waals surface area contributed by atoms with E-state index < -0.39 is 35.1 Å². The van der Waals surface area contributed by atoms with Crippen LogP contribution in [0.2, 0.25) is 0 Å². The molecule has 0 aliphatic carbocycles. The van der Waals surface area contributed by atoms with Gasteiger partial charge in [-0.2, -0.15) is 0 Å². The monoisotopic (exact) mass is 242 g/mol. The Hall–Kier alpha value is -1.98. The second kappa shape index (κ2) is 5.38. The Labute approximate surface area is 96.8 Å². The van der Waals surface area contributed by atoms with Gasteiger partial charge in [0, 0.05) is 12.5 Å². The van der Waals surface area contributed by atoms with Gasteiger partial charge in [0.2, 0.25) is 5.91 Å². The molecule has 0 saturated heterocycles. The van der Waals surface area contributed by atoms with Gasteiger partial charge in [0.05, 0.1) is 5.56 Å². The number of amides is 2. The van der Waals surface area contributed by atoms with E-state index in [1.54, 1.807) is 6.92 Å². The van der Waals surface area contributed by atoms with E-state index >= 15 is 0 Å². The summed E-state index contributed by atoms with van der Waals surface area (Å²) in [7, 11) is 0. The van der Waals surface area contributed by atoms with Gasteiger partial charge in [-0.1, -0.05) is 6.07 Å². The van der Waals surface area contributed by atoms with Crippen molar-refractivity contribution in [3.63, 3.8) is 0 Å². The van der Waals surface area contributed by atoms with E-state index in [1.165, 1.54) is 6.07 Å². The topological polar surface area (TPSA) is 72.2 Å². The third kappa shape index (κ3) is 3.51. The minimum Gasteiger partial charge on any atom is -0.370 e. The largest absolute Gasteiger partial charge is 0.370 e. The standard InChI is InChI=1S/C11H12F2N2O2/c1-6(5-9(14)16)15-11(17)7-3-2-4-8(12)10(7)13/h2-4,6H,5H2,1H3,(H2,14,16)(H,15,17). The second-order valence-electron chi connectivity index (χ2n) is 3.65. The van der Waals surface area contributed by atoms with E-state index in [0.29, 0.717) is 0 Å². The molecule has 0 aliphatic heterocycles. The molecule has 2 amide bonds. The number of benzene rings is 1. The Kier molecular flexibility index (Phi) is 4.14. The molecular weight excluding hydrogens is 230 g/mol. The molecule has 6 heteroatoms. The molecule has 92 valence electrons. The Morgan fingerprint density at radius 2 is 2.06 bits per heavy atom. The third-order valence-corrected chi connectivity index (χ3v) is 2.08. The van der Waals surface area contributed by atoms with Gasteiger partial charge in [-0.25, -0.2) is 8.78 Å². The number of hydrogen-bond donors (Lipinski definition) is 2. The van der Waals surface area contributed by atoms with E-state index in [-0.39, 0.29) is 6.42 Å². The number of primary amides is 1. The summed E-state index contributed by atoms with van der Waals surface area (Å²) in [5.41, 5.74) is 4.54. The first-order chi connectivity index (χ1) is 7.91. The molecule has 0 bridgehead atoms. The van der Waals surface area contributed by atoms with Crippen LogP contribution in [-0.2, 0) is 4.79 Å². The van der Waals surface area contributed by atoms with Crippen molar-refractivity contribution in [1.29, 1.82) is 0 Å². The quantitative estimate of drug-likeness (QED) is 0.825. The molecule has 3 N–H and O–H groups in total. The Balaban J connectivity index is 2.77. The van der Waals surface area contributed by atoms with Crippen LogP contribution in [0.4, 0.5) is 8.78 Å². The Morgan fingerprint density at radius 3 is 2.65 bits per heavy atom. The fourth-order valence-corrected chi connectivity index (χ4v) is 1.33. The maximum atomic E-state index is 13.2. The number of carbonyl (C=O) groups excluding carboxylic acids is 2. The lowest BCUT2D eigenvalue weighted by molar-refractivity contribution is -0.118. The van der Waals surface area contributed by atoms with Gasteiger partial charge in [-0.05, 0) is 19.1 Å². The summed E-state index contributed by atoms with van der Waals surface area (Å²) in [5, 5.41) is 2.35. The first kappa shape index (κ1) is 13.1. The highest BCUT2D eigenvalue weighted by molar-refractivity contribution is 5.94. The lowest BCUT2D eigenvalue weighted by Gasteiger charge is -2.12. The van der Waals surface area contributed by atoms with Crippen LogP contribution >= 0.6 is 0 Å². The summed E-state index contributed by atoms with van der Waals surface area (Å²) in [6.45, 7) is 1.54. The summed E-state index contributed by atoms with van der Waals surface area (Å²) in [6, 6.07) is 2.76. The first-order valence-electron chi connectivity index (χ1n) is 4.95. The number of rotatable bonds is 4. The molecule has 0 aromatic heterocycles. The van der Waals surface area contributed by atoms with Crippen LogP contribution in [0.1, 0.15) is 23.7 Å². The molecule has 1 rings (SSSR count). The van der Waals surface area contributed by atoms with Gasteiger partial charge in [-0.3, -0.25) is 9.59 Å². The summed E-state index contributed by atoms with van der Waals surface area (Å²) < 4.78 is 26.1. The van der Waals surface area contributed by atoms with Crippen molar-refractivity contribution in [3.8, 4) is 0 Å². The van der Waals surface area contributed by atoms with Crippen LogP contribution < -0.4 is 11.1 Å². The fourth-order valence-electron chi connectivity index (χ4n) is 1.33. The van der Waals surface area contributed by atoms with Gasteiger partial charge in [0.1, 0.15) is 0 Å². The predicted molar refractivity (Wildman–Crippen MR) is 57.1 cm³/mol. The zero-order valence-corrected chi connectivity index (χ0v) is 9.17. The first-order valence-corrected chi connectivity index (χ1v) is 4.95. The molecule has 4 nitrogen and oxygen atoms in total. The van der Waals surface area contributed by atoms with E-state index in [0.717, 1.165) is 12.1 Å². The van der Waals surface area contributed by atoms with Crippen molar-refractivity contribution in [1.82, 2.24) is 5.32 Å². The van der Waals surface area contributed by atoms with Crippen LogP contribution in [0.25, 0.3) is 0 Å². The lowest BCUT2D eigenvalue weighted by atomic mass is 10.1. The number of nitrogens with two attached hydrogens (primary N) is 1. The lowest BCUT2D eigenvalue weighted by Crippen LogP contribution is -2.36. The molecule has 17 heavy (non-hydrogen) atoms. The van der Waals surface area contributed by atoms with Crippen LogP contribution in [-0.4, -0.2) is 17.9 Å². The maximum absolute atomic E-state index is 13.2. The Bertz CT molecular complexity index is 449. The molecule has 1 atom stereocenters.